The van der Waals surface area contributed by atoms with Crippen LogP contribution in [0.3, 0.4) is 0 Å². The molecule has 2 rings (SSSR count). The van der Waals surface area contributed by atoms with Crippen LogP contribution >= 0.6 is 0 Å². The minimum absolute atomic E-state index is 0.117. The Morgan fingerprint density at radius 2 is 1.43 bits per heavy atom. The van der Waals surface area contributed by atoms with Crippen LogP contribution in [0.25, 0.3) is 0 Å². The quantitative estimate of drug-likeness (QED) is 0.620. The van der Waals surface area contributed by atoms with Crippen molar-refractivity contribution in [3.63, 3.8) is 0 Å². The molecule has 0 fully saturated rings. The van der Waals surface area contributed by atoms with Crippen molar-refractivity contribution in [2.24, 2.45) is 0 Å². The third kappa shape index (κ3) is 4.26. The summed E-state index contributed by atoms with van der Waals surface area (Å²) in [7, 11) is -1.95. The molecule has 5 nitrogen and oxygen atoms in total. The number of benzene rings is 2. The molecule has 0 saturated heterocycles. The molecule has 2 aromatic rings. The number of methoxy groups -OCH3 is 1. The summed E-state index contributed by atoms with van der Waals surface area (Å²) >= 11 is 0. The zero-order chi connectivity index (χ0) is 17.0. The summed E-state index contributed by atoms with van der Waals surface area (Å²) in [5, 5.41) is 0. The van der Waals surface area contributed by atoms with Gasteiger partial charge in [0, 0.05) is 18.2 Å². The van der Waals surface area contributed by atoms with Crippen LogP contribution < -0.4 is 0 Å². The lowest BCUT2D eigenvalue weighted by Gasteiger charge is -2.04. The first-order valence-corrected chi connectivity index (χ1v) is 8.71. The Kier molecular flexibility index (Phi) is 4.95. The lowest BCUT2D eigenvalue weighted by molar-refractivity contribution is 0.0600. The van der Waals surface area contributed by atoms with Gasteiger partial charge in [0.25, 0.3) is 0 Å². The molecule has 0 bridgehead atoms. The van der Waals surface area contributed by atoms with Crippen LogP contribution in [0.1, 0.15) is 26.3 Å². The molecule has 0 radical (unpaired) electrons. The van der Waals surface area contributed by atoms with Crippen molar-refractivity contribution in [3.8, 4) is 0 Å². The highest BCUT2D eigenvalue weighted by Gasteiger charge is 2.11. The average Bonchev–Trinajstić information content (AvgIpc) is 2.54. The fraction of sp³-hybridized carbons (Fsp3) is 0.176. The molecule has 0 aliphatic carbocycles. The van der Waals surface area contributed by atoms with Crippen LogP contribution in [0.4, 0.5) is 0 Å². The maximum Gasteiger partial charge on any atom is 0.337 e. The van der Waals surface area contributed by atoms with E-state index < -0.39 is 15.8 Å². The Hall–Kier alpha value is -2.47. The molecule has 2 aromatic carbocycles. The zero-order valence-electron chi connectivity index (χ0n) is 12.8. The van der Waals surface area contributed by atoms with Crippen molar-refractivity contribution in [1.82, 2.24) is 0 Å². The predicted octanol–water partition coefficient (Wildman–Crippen LogP) is 2.30. The number of rotatable bonds is 5. The number of Topliss-reactive ketones (excluding diaryl/α,β-unsaturated/α-hetero) is 1. The van der Waals surface area contributed by atoms with Gasteiger partial charge in [0.05, 0.1) is 17.6 Å². The summed E-state index contributed by atoms with van der Waals surface area (Å²) in [5.74, 6) is -0.575. The summed E-state index contributed by atoms with van der Waals surface area (Å²) in [6.45, 7) is 0. The van der Waals surface area contributed by atoms with Gasteiger partial charge in [-0.2, -0.15) is 0 Å². The van der Waals surface area contributed by atoms with E-state index in [1.807, 2.05) is 0 Å². The smallest absolute Gasteiger partial charge is 0.337 e. The number of sulfone groups is 1. The predicted molar refractivity (Wildman–Crippen MR) is 85.4 cm³/mol. The van der Waals surface area contributed by atoms with Crippen molar-refractivity contribution in [1.29, 1.82) is 0 Å². The maximum absolute atomic E-state index is 12.2. The molecule has 0 aromatic heterocycles. The van der Waals surface area contributed by atoms with E-state index in [1.165, 1.54) is 31.4 Å². The van der Waals surface area contributed by atoms with Crippen molar-refractivity contribution < 1.29 is 22.7 Å². The van der Waals surface area contributed by atoms with Crippen LogP contribution in [-0.2, 0) is 21.0 Å². The number of ether oxygens (including phenoxy) is 1. The van der Waals surface area contributed by atoms with Gasteiger partial charge in [-0.25, -0.2) is 13.2 Å². The standard InChI is InChI=1S/C17H16O5S/c1-22-17(19)14-7-5-13(6-8-14)16(18)11-12-3-9-15(10-4-12)23(2,20)21/h3-10H,11H2,1-2H3. The summed E-state index contributed by atoms with van der Waals surface area (Å²) in [6, 6.07) is 12.4. The van der Waals surface area contributed by atoms with E-state index in [4.69, 9.17) is 0 Å². The number of ketones is 1. The Morgan fingerprint density at radius 3 is 1.91 bits per heavy atom. The summed E-state index contributed by atoms with van der Waals surface area (Å²) < 4.78 is 27.4. The van der Waals surface area contributed by atoms with Gasteiger partial charge in [-0.1, -0.05) is 24.3 Å². The topological polar surface area (TPSA) is 77.5 Å². The van der Waals surface area contributed by atoms with E-state index in [9.17, 15) is 18.0 Å². The molecule has 0 aliphatic heterocycles. The first-order chi connectivity index (χ1) is 10.8. The molecule has 0 atom stereocenters. The fourth-order valence-corrected chi connectivity index (χ4v) is 2.68. The number of esters is 1. The maximum atomic E-state index is 12.2. The fourth-order valence-electron chi connectivity index (χ4n) is 2.05. The molecule has 0 unspecified atom stereocenters. The zero-order valence-corrected chi connectivity index (χ0v) is 13.6. The van der Waals surface area contributed by atoms with Gasteiger partial charge in [0.2, 0.25) is 0 Å². The van der Waals surface area contributed by atoms with Gasteiger partial charge in [0.1, 0.15) is 0 Å². The molecule has 6 heteroatoms. The molecule has 120 valence electrons. The summed E-state index contributed by atoms with van der Waals surface area (Å²) in [4.78, 5) is 23.8. The van der Waals surface area contributed by atoms with E-state index in [-0.39, 0.29) is 17.1 Å². The Labute approximate surface area is 134 Å². The van der Waals surface area contributed by atoms with Gasteiger partial charge in [-0.15, -0.1) is 0 Å². The van der Waals surface area contributed by atoms with Crippen molar-refractivity contribution in [2.45, 2.75) is 11.3 Å². The second-order valence-corrected chi connectivity index (χ2v) is 7.10. The van der Waals surface area contributed by atoms with Crippen molar-refractivity contribution in [2.75, 3.05) is 13.4 Å². The van der Waals surface area contributed by atoms with E-state index in [0.717, 1.165) is 11.8 Å². The summed E-state index contributed by atoms with van der Waals surface area (Å²) in [6.07, 6.45) is 1.29. The molecule has 0 amide bonds. The molecule has 0 aliphatic rings. The van der Waals surface area contributed by atoms with Crippen molar-refractivity contribution in [3.05, 3.63) is 65.2 Å². The lowest BCUT2D eigenvalue weighted by Crippen LogP contribution is -2.06. The van der Waals surface area contributed by atoms with Crippen LogP contribution in [0.15, 0.2) is 53.4 Å². The first kappa shape index (κ1) is 16.9. The minimum Gasteiger partial charge on any atom is -0.465 e. The summed E-state index contributed by atoms with van der Waals surface area (Å²) in [5.41, 5.74) is 1.57. The molecular weight excluding hydrogens is 316 g/mol. The average molecular weight is 332 g/mol. The van der Waals surface area contributed by atoms with E-state index in [2.05, 4.69) is 4.74 Å². The van der Waals surface area contributed by atoms with Crippen molar-refractivity contribution >= 4 is 21.6 Å². The molecule has 0 saturated carbocycles. The number of hydrogen-bond donors (Lipinski definition) is 0. The van der Waals surface area contributed by atoms with Crippen LogP contribution in [0, 0.1) is 0 Å². The third-order valence-electron chi connectivity index (χ3n) is 3.34. The van der Waals surface area contributed by atoms with E-state index in [1.54, 1.807) is 24.3 Å². The van der Waals surface area contributed by atoms with Gasteiger partial charge < -0.3 is 4.74 Å². The minimum atomic E-state index is -3.24. The first-order valence-electron chi connectivity index (χ1n) is 6.82. The molecular formula is C17H16O5S. The van der Waals surface area contributed by atoms with Gasteiger partial charge in [-0.05, 0) is 29.8 Å². The van der Waals surface area contributed by atoms with Crippen LogP contribution in [-0.4, -0.2) is 33.5 Å². The van der Waals surface area contributed by atoms with E-state index >= 15 is 0 Å². The molecule has 23 heavy (non-hydrogen) atoms. The second kappa shape index (κ2) is 6.75. The Morgan fingerprint density at radius 1 is 0.913 bits per heavy atom. The van der Waals surface area contributed by atoms with Gasteiger partial charge in [-0.3, -0.25) is 4.79 Å². The van der Waals surface area contributed by atoms with Crippen LogP contribution in [0.5, 0.6) is 0 Å². The number of hydrogen-bond acceptors (Lipinski definition) is 5. The highest BCUT2D eigenvalue weighted by atomic mass is 32.2. The number of carbonyl (C=O) groups is 2. The largest absolute Gasteiger partial charge is 0.465 e. The molecule has 0 spiro atoms. The normalized spacial score (nSPS) is 11.0. The molecule has 0 N–H and O–H groups in total. The highest BCUT2D eigenvalue weighted by Crippen LogP contribution is 2.13. The van der Waals surface area contributed by atoms with Gasteiger partial charge in [0.15, 0.2) is 15.6 Å². The lowest BCUT2D eigenvalue weighted by atomic mass is 10.0. The van der Waals surface area contributed by atoms with Gasteiger partial charge >= 0.3 is 5.97 Å². The number of carbonyl (C=O) groups excluding carboxylic acids is 2. The SMILES string of the molecule is COC(=O)c1ccc(C(=O)Cc2ccc(S(C)(=O)=O)cc2)cc1. The third-order valence-corrected chi connectivity index (χ3v) is 4.47. The molecule has 0 heterocycles. The Balaban J connectivity index is 2.11. The highest BCUT2D eigenvalue weighted by molar-refractivity contribution is 7.90. The second-order valence-electron chi connectivity index (χ2n) is 5.09. The van der Waals surface area contributed by atoms with E-state index in [0.29, 0.717) is 11.1 Å². The Bertz CT molecular complexity index is 818. The van der Waals surface area contributed by atoms with Crippen LogP contribution in [0.2, 0.25) is 0 Å². The monoisotopic (exact) mass is 332 g/mol.